The summed E-state index contributed by atoms with van der Waals surface area (Å²) in [5.41, 5.74) is 16.7. The lowest BCUT2D eigenvalue weighted by atomic mass is 9.98. The van der Waals surface area contributed by atoms with Crippen LogP contribution in [-0.2, 0) is 0 Å². The lowest BCUT2D eigenvalue weighted by Crippen LogP contribution is -1.96. The van der Waals surface area contributed by atoms with Crippen LogP contribution >= 0.6 is 0 Å². The van der Waals surface area contributed by atoms with Crippen LogP contribution < -0.4 is 0 Å². The molecule has 6 aromatic carbocycles. The van der Waals surface area contributed by atoms with E-state index in [0.717, 1.165) is 95.4 Å². The summed E-state index contributed by atoms with van der Waals surface area (Å²) in [7, 11) is 0. The minimum absolute atomic E-state index is 0.706. The van der Waals surface area contributed by atoms with Crippen molar-refractivity contribution in [1.82, 2.24) is 24.9 Å². The molecule has 282 valence electrons. The fourth-order valence-corrected chi connectivity index (χ4v) is 7.51. The molecule has 10 aromatic rings. The molecular formula is C55H37N5. The lowest BCUT2D eigenvalue weighted by Gasteiger charge is -2.13. The van der Waals surface area contributed by atoms with Crippen molar-refractivity contribution in [3.63, 3.8) is 0 Å². The van der Waals surface area contributed by atoms with Crippen molar-refractivity contribution in [3.8, 4) is 101 Å². The molecule has 10 rings (SSSR count). The van der Waals surface area contributed by atoms with Crippen LogP contribution in [0, 0.1) is 0 Å². The third-order valence-electron chi connectivity index (χ3n) is 10.7. The van der Waals surface area contributed by atoms with Crippen LogP contribution in [0.3, 0.4) is 0 Å². The van der Waals surface area contributed by atoms with Gasteiger partial charge in [0, 0.05) is 40.2 Å². The predicted octanol–water partition coefficient (Wildman–Crippen LogP) is 13.7. The van der Waals surface area contributed by atoms with Crippen LogP contribution in [0.25, 0.3) is 101 Å². The van der Waals surface area contributed by atoms with Crippen molar-refractivity contribution in [2.24, 2.45) is 0 Å². The Labute approximate surface area is 349 Å². The molecule has 60 heavy (non-hydrogen) atoms. The molecule has 0 saturated carbocycles. The Morgan fingerprint density at radius 1 is 0.250 bits per heavy atom. The highest BCUT2D eigenvalue weighted by atomic mass is 14.9. The molecule has 0 bridgehead atoms. The molecule has 0 atom stereocenters. The molecule has 0 amide bonds. The summed E-state index contributed by atoms with van der Waals surface area (Å²) in [6.45, 7) is 0. The van der Waals surface area contributed by atoms with Gasteiger partial charge >= 0.3 is 0 Å². The average molecular weight is 768 g/mol. The van der Waals surface area contributed by atoms with Gasteiger partial charge in [-0.1, -0.05) is 182 Å². The zero-order chi connectivity index (χ0) is 40.1. The topological polar surface area (TPSA) is 64.5 Å². The molecule has 0 aliphatic carbocycles. The monoisotopic (exact) mass is 767 g/mol. The van der Waals surface area contributed by atoms with Gasteiger partial charge in [0.2, 0.25) is 0 Å². The van der Waals surface area contributed by atoms with E-state index in [2.05, 4.69) is 133 Å². The first-order valence-corrected chi connectivity index (χ1v) is 20.0. The number of hydrogen-bond donors (Lipinski definition) is 0. The predicted molar refractivity (Wildman–Crippen MR) is 244 cm³/mol. The molecular weight excluding hydrogens is 731 g/mol. The van der Waals surface area contributed by atoms with Gasteiger partial charge in [0.25, 0.3) is 0 Å². The largest absolute Gasteiger partial charge is 0.254 e. The van der Waals surface area contributed by atoms with Crippen molar-refractivity contribution in [1.29, 1.82) is 0 Å². The second-order valence-electron chi connectivity index (χ2n) is 14.5. The van der Waals surface area contributed by atoms with Gasteiger partial charge in [0.05, 0.1) is 34.2 Å². The standard InChI is InChI=1S/C55H37N5/c1-5-14-38(15-6-1)47-34-52(58-53(35-47)54-48(22-13-33-56-54)42-16-7-2-8-17-42)49-32-31-46(37-57-49)41-25-23-39(24-26-41)40-27-29-44(30-28-40)51-36-50(43-18-9-3-10-19-43)59-55(60-51)45-20-11-4-12-21-45/h1-37H. The van der Waals surface area contributed by atoms with Crippen molar-refractivity contribution in [3.05, 3.63) is 225 Å². The molecule has 0 N–H and O–H groups in total. The van der Waals surface area contributed by atoms with E-state index in [1.165, 1.54) is 0 Å². The van der Waals surface area contributed by atoms with Crippen LogP contribution in [0.2, 0.25) is 0 Å². The molecule has 0 fully saturated rings. The Kier molecular flexibility index (Phi) is 9.88. The van der Waals surface area contributed by atoms with Gasteiger partial charge in [0.15, 0.2) is 5.82 Å². The summed E-state index contributed by atoms with van der Waals surface area (Å²) in [6, 6.07) is 72.9. The van der Waals surface area contributed by atoms with E-state index in [9.17, 15) is 0 Å². The third-order valence-corrected chi connectivity index (χ3v) is 10.7. The number of hydrogen-bond acceptors (Lipinski definition) is 5. The first kappa shape index (κ1) is 36.2. The number of pyridine rings is 3. The molecule has 0 aliphatic rings. The van der Waals surface area contributed by atoms with Crippen molar-refractivity contribution in [2.75, 3.05) is 0 Å². The maximum atomic E-state index is 5.16. The maximum Gasteiger partial charge on any atom is 0.160 e. The molecule has 0 spiro atoms. The zero-order valence-corrected chi connectivity index (χ0v) is 32.6. The summed E-state index contributed by atoms with van der Waals surface area (Å²) in [6.07, 6.45) is 3.76. The highest BCUT2D eigenvalue weighted by Gasteiger charge is 2.16. The van der Waals surface area contributed by atoms with Crippen molar-refractivity contribution >= 4 is 0 Å². The van der Waals surface area contributed by atoms with Gasteiger partial charge in [-0.3, -0.25) is 9.97 Å². The van der Waals surface area contributed by atoms with E-state index < -0.39 is 0 Å². The lowest BCUT2D eigenvalue weighted by molar-refractivity contribution is 1.18. The fourth-order valence-electron chi connectivity index (χ4n) is 7.51. The summed E-state index contributed by atoms with van der Waals surface area (Å²) in [4.78, 5) is 24.9. The molecule has 5 nitrogen and oxygen atoms in total. The average Bonchev–Trinajstić information content (AvgIpc) is 3.35. The van der Waals surface area contributed by atoms with Gasteiger partial charge in [-0.05, 0) is 63.7 Å². The molecule has 0 saturated heterocycles. The summed E-state index contributed by atoms with van der Waals surface area (Å²) in [5, 5.41) is 0. The van der Waals surface area contributed by atoms with Gasteiger partial charge in [-0.25, -0.2) is 15.0 Å². The molecule has 4 heterocycles. The maximum absolute atomic E-state index is 5.16. The molecule has 0 radical (unpaired) electrons. The van der Waals surface area contributed by atoms with Crippen molar-refractivity contribution < 1.29 is 0 Å². The Morgan fingerprint density at radius 3 is 1.30 bits per heavy atom. The minimum atomic E-state index is 0.706. The number of aromatic nitrogens is 5. The van der Waals surface area contributed by atoms with Crippen LogP contribution in [0.1, 0.15) is 0 Å². The van der Waals surface area contributed by atoms with Crippen LogP contribution in [0.15, 0.2) is 225 Å². The van der Waals surface area contributed by atoms with E-state index in [0.29, 0.717) is 5.82 Å². The van der Waals surface area contributed by atoms with Gasteiger partial charge in [-0.15, -0.1) is 0 Å². The zero-order valence-electron chi connectivity index (χ0n) is 32.6. The fraction of sp³-hybridized carbons (Fsp3) is 0. The van der Waals surface area contributed by atoms with E-state index in [1.54, 1.807) is 0 Å². The number of benzene rings is 6. The van der Waals surface area contributed by atoms with E-state index in [4.69, 9.17) is 24.9 Å². The smallest absolute Gasteiger partial charge is 0.160 e. The minimum Gasteiger partial charge on any atom is -0.254 e. The van der Waals surface area contributed by atoms with Gasteiger partial charge in [0.1, 0.15) is 0 Å². The second-order valence-corrected chi connectivity index (χ2v) is 14.5. The van der Waals surface area contributed by atoms with Crippen molar-refractivity contribution in [2.45, 2.75) is 0 Å². The molecule has 0 aliphatic heterocycles. The van der Waals surface area contributed by atoms with Gasteiger partial charge < -0.3 is 0 Å². The van der Waals surface area contributed by atoms with E-state index >= 15 is 0 Å². The highest BCUT2D eigenvalue weighted by molar-refractivity contribution is 5.83. The Hall–Kier alpha value is -8.15. The SMILES string of the molecule is c1ccc(-c2cc(-c3ccc(-c4ccc(-c5ccc(-c6cc(-c7ccccc7)nc(-c7ccccc7)n6)cc5)cc4)cn3)nc(-c3ncccc3-c3ccccc3)c2)cc1. The summed E-state index contributed by atoms with van der Waals surface area (Å²) >= 11 is 0. The molecule has 0 unspecified atom stereocenters. The Bertz CT molecular complexity index is 2970. The number of nitrogens with zero attached hydrogens (tertiary/aromatic N) is 5. The van der Waals surface area contributed by atoms with Gasteiger partial charge in [-0.2, -0.15) is 0 Å². The molecule has 4 aromatic heterocycles. The first-order chi connectivity index (χ1) is 29.7. The van der Waals surface area contributed by atoms with E-state index in [1.807, 2.05) is 91.3 Å². The van der Waals surface area contributed by atoms with E-state index in [-0.39, 0.29) is 0 Å². The first-order valence-electron chi connectivity index (χ1n) is 20.0. The quantitative estimate of drug-likeness (QED) is 0.146. The summed E-state index contributed by atoms with van der Waals surface area (Å²) < 4.78 is 0. The third kappa shape index (κ3) is 7.63. The Morgan fingerprint density at radius 2 is 0.717 bits per heavy atom. The highest BCUT2D eigenvalue weighted by Crippen LogP contribution is 2.35. The van der Waals surface area contributed by atoms with Crippen LogP contribution in [-0.4, -0.2) is 24.9 Å². The molecule has 5 heteroatoms. The van der Waals surface area contributed by atoms with Crippen LogP contribution in [0.5, 0.6) is 0 Å². The Balaban J connectivity index is 0.922. The summed E-state index contributed by atoms with van der Waals surface area (Å²) in [5.74, 6) is 0.706. The van der Waals surface area contributed by atoms with Crippen LogP contribution in [0.4, 0.5) is 0 Å². The second kappa shape index (κ2) is 16.4. The normalized spacial score (nSPS) is 11.0. The number of rotatable bonds is 9.